The standard InChI is InChI=1S/C4H8NO.C2H5.2Y/c1-4(6)3-5-2;1-2;;/h3H2,1-2H3;1H2,2H3;;/q2*-1;;. The molecule has 0 N–H and O–H groups in total. The molecule has 2 nitrogen and oxygen atoms in total. The molecular weight excluding hydrogens is 280 g/mol. The molecule has 0 amide bonds. The van der Waals surface area contributed by atoms with Crippen LogP contribution < -0.4 is 0 Å². The molecule has 0 bridgehead atoms. The number of carbonyl (C=O) groups excluding carboxylic acids is 1. The van der Waals surface area contributed by atoms with Gasteiger partial charge in [-0.05, 0) is 6.92 Å². The average molecular weight is 293 g/mol. The summed E-state index contributed by atoms with van der Waals surface area (Å²) in [5.74, 6) is 0.123. The summed E-state index contributed by atoms with van der Waals surface area (Å²) in [7, 11) is 1.63. The third kappa shape index (κ3) is 32.8. The number of likely N-dealkylation sites (N-methyl/N-ethyl adjacent to an activating group) is 1. The van der Waals surface area contributed by atoms with Gasteiger partial charge in [-0.25, -0.2) is 0 Å². The maximum absolute atomic E-state index is 9.95. The number of rotatable bonds is 2. The Morgan fingerprint density at radius 2 is 1.70 bits per heavy atom. The summed E-state index contributed by atoms with van der Waals surface area (Å²) in [6.07, 6.45) is 0. The molecule has 0 spiro atoms. The normalized spacial score (nSPS) is 5.60. The summed E-state index contributed by atoms with van der Waals surface area (Å²) in [6, 6.07) is 0. The minimum Gasteiger partial charge on any atom is -0.659 e. The zero-order chi connectivity index (χ0) is 6.99. The Kier molecular flexibility index (Phi) is 50.8. The Balaban J connectivity index is -0.0000000412. The second kappa shape index (κ2) is 22.4. The maximum Gasteiger partial charge on any atom is 0.109 e. The molecule has 0 rings (SSSR count). The van der Waals surface area contributed by atoms with E-state index in [-0.39, 0.29) is 71.2 Å². The molecule has 0 atom stereocenters. The number of Topliss-reactive ketones (excluding diaryl/α,β-unsaturated/α-hetero) is 1. The van der Waals surface area contributed by atoms with Gasteiger partial charge < -0.3 is 17.0 Å². The molecule has 0 heterocycles. The van der Waals surface area contributed by atoms with Crippen LogP contribution in [0.4, 0.5) is 0 Å². The van der Waals surface area contributed by atoms with Gasteiger partial charge in [-0.1, -0.05) is 6.54 Å². The van der Waals surface area contributed by atoms with Crippen LogP contribution in [0.25, 0.3) is 5.32 Å². The van der Waals surface area contributed by atoms with Gasteiger partial charge in [0.05, 0.1) is 0 Å². The molecule has 0 aliphatic heterocycles. The Bertz CT molecular complexity index is 59.7. The average Bonchev–Trinajstić information content (AvgIpc) is 1.72. The fraction of sp³-hybridized carbons (Fsp3) is 0.667. The van der Waals surface area contributed by atoms with Crippen molar-refractivity contribution in [2.45, 2.75) is 13.8 Å². The molecule has 2 radical (unpaired) electrons. The molecule has 0 aromatic rings. The number of hydrogen-bond donors (Lipinski definition) is 0. The Hall–Kier alpha value is 1.84. The summed E-state index contributed by atoms with van der Waals surface area (Å²) in [5.41, 5.74) is 0. The molecular formula is C6H13NOY2-2. The maximum atomic E-state index is 9.95. The van der Waals surface area contributed by atoms with E-state index in [1.807, 2.05) is 0 Å². The third-order valence-electron chi connectivity index (χ3n) is 0.381. The van der Waals surface area contributed by atoms with Gasteiger partial charge >= 0.3 is 0 Å². The zero-order valence-corrected chi connectivity index (χ0v) is 12.6. The van der Waals surface area contributed by atoms with E-state index in [2.05, 4.69) is 12.2 Å². The van der Waals surface area contributed by atoms with E-state index in [1.54, 1.807) is 14.0 Å². The first-order chi connectivity index (χ1) is 3.77. The van der Waals surface area contributed by atoms with Crippen molar-refractivity contribution in [3.05, 3.63) is 12.2 Å². The topological polar surface area (TPSA) is 31.2 Å². The summed E-state index contributed by atoms with van der Waals surface area (Å²) in [5, 5.41) is 3.59. The number of carbonyl (C=O) groups is 1. The van der Waals surface area contributed by atoms with E-state index < -0.39 is 0 Å². The van der Waals surface area contributed by atoms with Crippen molar-refractivity contribution in [2.24, 2.45) is 0 Å². The van der Waals surface area contributed by atoms with Crippen LogP contribution in [-0.4, -0.2) is 19.4 Å². The largest absolute Gasteiger partial charge is 0.659 e. The molecule has 0 aromatic carbocycles. The summed E-state index contributed by atoms with van der Waals surface area (Å²) >= 11 is 0. The van der Waals surface area contributed by atoms with Gasteiger partial charge in [0.2, 0.25) is 0 Å². The van der Waals surface area contributed by atoms with Crippen molar-refractivity contribution >= 4 is 5.78 Å². The van der Waals surface area contributed by atoms with Crippen LogP contribution in [0.5, 0.6) is 0 Å². The van der Waals surface area contributed by atoms with E-state index in [0.29, 0.717) is 6.54 Å². The van der Waals surface area contributed by atoms with Gasteiger partial charge in [0.15, 0.2) is 0 Å². The van der Waals surface area contributed by atoms with E-state index in [1.165, 1.54) is 6.92 Å². The van der Waals surface area contributed by atoms with Gasteiger partial charge in [0.25, 0.3) is 0 Å². The monoisotopic (exact) mass is 293 g/mol. The molecule has 56 valence electrons. The zero-order valence-electron chi connectivity index (χ0n) is 6.92. The van der Waals surface area contributed by atoms with E-state index in [9.17, 15) is 4.79 Å². The van der Waals surface area contributed by atoms with E-state index in [4.69, 9.17) is 0 Å². The van der Waals surface area contributed by atoms with Crippen molar-refractivity contribution < 1.29 is 70.2 Å². The van der Waals surface area contributed by atoms with Crippen LogP contribution in [0.3, 0.4) is 0 Å². The minimum absolute atomic E-state index is 0. The number of nitrogens with zero attached hydrogens (tertiary/aromatic N) is 1. The van der Waals surface area contributed by atoms with Gasteiger partial charge in [-0.3, -0.25) is 0 Å². The van der Waals surface area contributed by atoms with Crippen LogP contribution in [-0.2, 0) is 70.2 Å². The SMILES string of the molecule is C[N-]CC(C)=O.[CH2-]C.[Y].[Y]. The molecule has 0 unspecified atom stereocenters. The van der Waals surface area contributed by atoms with Gasteiger partial charge in [-0.2, -0.15) is 14.0 Å². The van der Waals surface area contributed by atoms with Crippen LogP contribution in [0.2, 0.25) is 0 Å². The predicted octanol–water partition coefficient (Wildman–Crippen LogP) is 1.41. The van der Waals surface area contributed by atoms with Crippen LogP contribution in [0.1, 0.15) is 13.8 Å². The quantitative estimate of drug-likeness (QED) is 0.708. The first kappa shape index (κ1) is 22.6. The summed E-state index contributed by atoms with van der Waals surface area (Å²) < 4.78 is 0. The van der Waals surface area contributed by atoms with E-state index >= 15 is 0 Å². The van der Waals surface area contributed by atoms with Crippen molar-refractivity contribution in [2.75, 3.05) is 13.6 Å². The molecule has 0 saturated heterocycles. The molecule has 0 saturated carbocycles. The molecule has 0 aliphatic rings. The molecule has 0 aliphatic carbocycles. The first-order valence-corrected chi connectivity index (χ1v) is 2.53. The number of ketones is 1. The van der Waals surface area contributed by atoms with Crippen LogP contribution in [0.15, 0.2) is 0 Å². The molecule has 0 aromatic heterocycles. The third-order valence-corrected chi connectivity index (χ3v) is 0.381. The van der Waals surface area contributed by atoms with Gasteiger partial charge in [0, 0.05) is 65.4 Å². The van der Waals surface area contributed by atoms with Crippen molar-refractivity contribution in [3.8, 4) is 0 Å². The van der Waals surface area contributed by atoms with Gasteiger partial charge in [-0.15, -0.1) is 0 Å². The Morgan fingerprint density at radius 3 is 1.70 bits per heavy atom. The molecule has 10 heavy (non-hydrogen) atoms. The summed E-state index contributed by atoms with van der Waals surface area (Å²) in [6.45, 7) is 6.88. The fourth-order valence-electron chi connectivity index (χ4n) is 0.223. The van der Waals surface area contributed by atoms with E-state index in [0.717, 1.165) is 0 Å². The number of hydrogen-bond acceptors (Lipinski definition) is 1. The van der Waals surface area contributed by atoms with Gasteiger partial charge in [0.1, 0.15) is 5.78 Å². The smallest absolute Gasteiger partial charge is 0.109 e. The summed E-state index contributed by atoms with van der Waals surface area (Å²) in [4.78, 5) is 9.95. The molecule has 4 heteroatoms. The Labute approximate surface area is 114 Å². The second-order valence-corrected chi connectivity index (χ2v) is 1.18. The van der Waals surface area contributed by atoms with Crippen molar-refractivity contribution in [1.29, 1.82) is 0 Å². The van der Waals surface area contributed by atoms with Crippen molar-refractivity contribution in [3.63, 3.8) is 0 Å². The fourth-order valence-corrected chi connectivity index (χ4v) is 0.223. The first-order valence-electron chi connectivity index (χ1n) is 2.53. The predicted molar refractivity (Wildman–Crippen MR) is 35.9 cm³/mol. The second-order valence-electron chi connectivity index (χ2n) is 1.18. The van der Waals surface area contributed by atoms with Crippen LogP contribution >= 0.6 is 0 Å². The van der Waals surface area contributed by atoms with Crippen molar-refractivity contribution in [1.82, 2.24) is 0 Å². The minimum atomic E-state index is 0. The van der Waals surface area contributed by atoms with Crippen LogP contribution in [0, 0.1) is 6.92 Å². The Morgan fingerprint density at radius 1 is 1.40 bits per heavy atom. The molecule has 0 fully saturated rings.